The monoisotopic (exact) mass is 224 g/mol. The van der Waals surface area contributed by atoms with E-state index in [2.05, 4.69) is 15.4 Å². The topological polar surface area (TPSA) is 67.6 Å². The zero-order valence-corrected chi connectivity index (χ0v) is 10.1. The second kappa shape index (κ2) is 9.33. The molecular weight excluding hydrogens is 200 g/mol. The first-order valence-corrected chi connectivity index (χ1v) is 6.48. The van der Waals surface area contributed by atoms with Crippen LogP contribution in [0.2, 0.25) is 0 Å². The number of nitrogens with two attached hydrogens (primary N) is 1. The third kappa shape index (κ3) is 6.56. The van der Waals surface area contributed by atoms with Crippen LogP contribution in [0.3, 0.4) is 0 Å². The van der Waals surface area contributed by atoms with Gasteiger partial charge in [-0.3, -0.25) is 0 Å². The molecule has 16 heavy (non-hydrogen) atoms. The standard InChI is InChI=1S/C12H24N4/c13-10-8-6-4-2-1-3-5-7-9-12-11-14-16-15-12/h11H,1-10,13H2,(H,14,15,16). The number of aryl methyl sites for hydroxylation is 1. The summed E-state index contributed by atoms with van der Waals surface area (Å²) in [5.74, 6) is 0. The molecule has 0 saturated heterocycles. The predicted molar refractivity (Wildman–Crippen MR) is 66.1 cm³/mol. The Bertz CT molecular complexity index is 233. The minimum Gasteiger partial charge on any atom is -0.330 e. The van der Waals surface area contributed by atoms with E-state index in [-0.39, 0.29) is 0 Å². The molecule has 1 rings (SSSR count). The van der Waals surface area contributed by atoms with Crippen LogP contribution in [0.25, 0.3) is 0 Å². The van der Waals surface area contributed by atoms with Crippen LogP contribution >= 0.6 is 0 Å². The number of nitrogens with one attached hydrogen (secondary N) is 1. The van der Waals surface area contributed by atoms with Crippen molar-refractivity contribution in [3.05, 3.63) is 11.9 Å². The first-order chi connectivity index (χ1) is 7.93. The molecule has 0 saturated carbocycles. The Balaban J connectivity index is 1.78. The van der Waals surface area contributed by atoms with Gasteiger partial charge in [0.15, 0.2) is 0 Å². The van der Waals surface area contributed by atoms with Crippen LogP contribution in [-0.2, 0) is 6.42 Å². The highest BCUT2D eigenvalue weighted by Crippen LogP contribution is 2.09. The van der Waals surface area contributed by atoms with Crippen LogP contribution in [0, 0.1) is 0 Å². The quantitative estimate of drug-likeness (QED) is 0.600. The summed E-state index contributed by atoms with van der Waals surface area (Å²) in [6, 6.07) is 0. The van der Waals surface area contributed by atoms with Gasteiger partial charge in [-0.2, -0.15) is 15.4 Å². The lowest BCUT2D eigenvalue weighted by atomic mass is 10.1. The van der Waals surface area contributed by atoms with E-state index < -0.39 is 0 Å². The molecule has 0 bridgehead atoms. The number of aromatic amines is 1. The minimum absolute atomic E-state index is 0.845. The van der Waals surface area contributed by atoms with Gasteiger partial charge in [0.05, 0.1) is 11.9 Å². The Kier molecular flexibility index (Phi) is 7.68. The van der Waals surface area contributed by atoms with Crippen LogP contribution in [0.5, 0.6) is 0 Å². The van der Waals surface area contributed by atoms with Gasteiger partial charge in [-0.25, -0.2) is 0 Å². The Morgan fingerprint density at radius 2 is 1.56 bits per heavy atom. The first-order valence-electron chi connectivity index (χ1n) is 6.48. The van der Waals surface area contributed by atoms with Crippen molar-refractivity contribution in [2.75, 3.05) is 6.54 Å². The van der Waals surface area contributed by atoms with Gasteiger partial charge >= 0.3 is 0 Å². The molecule has 0 radical (unpaired) electrons. The van der Waals surface area contributed by atoms with E-state index in [1.54, 1.807) is 0 Å². The van der Waals surface area contributed by atoms with Gasteiger partial charge in [0, 0.05) is 0 Å². The largest absolute Gasteiger partial charge is 0.330 e. The summed E-state index contributed by atoms with van der Waals surface area (Å²) in [5, 5.41) is 10.5. The Morgan fingerprint density at radius 3 is 2.12 bits per heavy atom. The maximum atomic E-state index is 5.44. The highest BCUT2D eigenvalue weighted by Gasteiger charge is 1.96. The van der Waals surface area contributed by atoms with E-state index >= 15 is 0 Å². The summed E-state index contributed by atoms with van der Waals surface area (Å²) in [5.41, 5.74) is 6.53. The number of rotatable bonds is 10. The van der Waals surface area contributed by atoms with Crippen molar-refractivity contribution in [3.8, 4) is 0 Å². The first kappa shape index (κ1) is 13.2. The van der Waals surface area contributed by atoms with Crippen molar-refractivity contribution < 1.29 is 0 Å². The minimum atomic E-state index is 0.845. The molecule has 0 aromatic carbocycles. The van der Waals surface area contributed by atoms with Gasteiger partial charge in [0.2, 0.25) is 0 Å². The lowest BCUT2D eigenvalue weighted by Crippen LogP contribution is -1.97. The summed E-state index contributed by atoms with van der Waals surface area (Å²) in [6.45, 7) is 0.845. The van der Waals surface area contributed by atoms with E-state index in [0.29, 0.717) is 0 Å². The molecule has 0 atom stereocenters. The van der Waals surface area contributed by atoms with Gasteiger partial charge in [-0.05, 0) is 25.8 Å². The molecule has 3 N–H and O–H groups in total. The molecule has 1 aromatic heterocycles. The van der Waals surface area contributed by atoms with Crippen LogP contribution < -0.4 is 5.73 Å². The van der Waals surface area contributed by atoms with Gasteiger partial charge < -0.3 is 5.73 Å². The number of hydrogen-bond acceptors (Lipinski definition) is 3. The summed E-state index contributed by atoms with van der Waals surface area (Å²) in [6.07, 6.45) is 13.3. The van der Waals surface area contributed by atoms with E-state index in [4.69, 9.17) is 5.73 Å². The molecule has 1 aromatic rings. The molecule has 1 heterocycles. The Morgan fingerprint density at radius 1 is 0.938 bits per heavy atom. The number of nitrogens with zero attached hydrogens (tertiary/aromatic N) is 2. The van der Waals surface area contributed by atoms with Crippen molar-refractivity contribution in [1.29, 1.82) is 0 Å². The molecule has 0 fully saturated rings. The zero-order chi connectivity index (χ0) is 11.5. The molecule has 4 heteroatoms. The summed E-state index contributed by atoms with van der Waals surface area (Å²) in [4.78, 5) is 0. The smallest absolute Gasteiger partial charge is 0.0824 e. The highest BCUT2D eigenvalue weighted by atomic mass is 15.3. The molecule has 0 spiro atoms. The van der Waals surface area contributed by atoms with Crippen molar-refractivity contribution in [2.45, 2.75) is 57.8 Å². The normalized spacial score (nSPS) is 10.8. The average Bonchev–Trinajstić information content (AvgIpc) is 2.80. The SMILES string of the molecule is NCCCCCCCCCCc1cn[nH]n1. The second-order valence-corrected chi connectivity index (χ2v) is 4.33. The predicted octanol–water partition coefficient (Wildman–Crippen LogP) is 2.43. The van der Waals surface area contributed by atoms with Gasteiger partial charge in [-0.15, -0.1) is 0 Å². The van der Waals surface area contributed by atoms with E-state index in [9.17, 15) is 0 Å². The third-order valence-electron chi connectivity index (χ3n) is 2.85. The summed E-state index contributed by atoms with van der Waals surface area (Å²) >= 11 is 0. The fourth-order valence-corrected chi connectivity index (χ4v) is 1.86. The van der Waals surface area contributed by atoms with E-state index in [0.717, 1.165) is 18.7 Å². The number of aromatic nitrogens is 3. The number of hydrogen-bond donors (Lipinski definition) is 2. The molecular formula is C12H24N4. The fourth-order valence-electron chi connectivity index (χ4n) is 1.86. The van der Waals surface area contributed by atoms with Crippen molar-refractivity contribution in [1.82, 2.24) is 15.4 Å². The highest BCUT2D eigenvalue weighted by molar-refractivity contribution is 4.89. The second-order valence-electron chi connectivity index (χ2n) is 4.33. The van der Waals surface area contributed by atoms with Crippen LogP contribution in [-0.4, -0.2) is 22.0 Å². The van der Waals surface area contributed by atoms with Gasteiger partial charge in [-0.1, -0.05) is 38.5 Å². The van der Waals surface area contributed by atoms with Crippen molar-refractivity contribution in [2.24, 2.45) is 5.73 Å². The average molecular weight is 224 g/mol. The third-order valence-corrected chi connectivity index (χ3v) is 2.85. The zero-order valence-electron chi connectivity index (χ0n) is 10.1. The Labute approximate surface area is 98.0 Å². The summed E-state index contributed by atoms with van der Waals surface area (Å²) in [7, 11) is 0. The van der Waals surface area contributed by atoms with Crippen molar-refractivity contribution in [3.63, 3.8) is 0 Å². The number of unbranched alkanes of at least 4 members (excludes halogenated alkanes) is 7. The molecule has 92 valence electrons. The van der Waals surface area contributed by atoms with E-state index in [1.165, 1.54) is 51.4 Å². The Hall–Kier alpha value is -0.900. The van der Waals surface area contributed by atoms with E-state index in [1.807, 2.05) is 6.20 Å². The molecule has 0 amide bonds. The molecule has 4 nitrogen and oxygen atoms in total. The molecule has 0 aliphatic carbocycles. The molecule has 0 aliphatic heterocycles. The van der Waals surface area contributed by atoms with Crippen LogP contribution in [0.4, 0.5) is 0 Å². The molecule has 0 aliphatic rings. The van der Waals surface area contributed by atoms with Crippen molar-refractivity contribution >= 4 is 0 Å². The maximum absolute atomic E-state index is 5.44. The fraction of sp³-hybridized carbons (Fsp3) is 0.833. The van der Waals surface area contributed by atoms with Gasteiger partial charge in [0.1, 0.15) is 0 Å². The lowest BCUT2D eigenvalue weighted by molar-refractivity contribution is 0.568. The molecule has 0 unspecified atom stereocenters. The van der Waals surface area contributed by atoms with Gasteiger partial charge in [0.25, 0.3) is 0 Å². The van der Waals surface area contributed by atoms with Crippen LogP contribution in [0.1, 0.15) is 57.1 Å². The van der Waals surface area contributed by atoms with Crippen LogP contribution in [0.15, 0.2) is 6.20 Å². The maximum Gasteiger partial charge on any atom is 0.0824 e. The lowest BCUT2D eigenvalue weighted by Gasteiger charge is -2.00. The summed E-state index contributed by atoms with van der Waals surface area (Å²) < 4.78 is 0. The number of H-pyrrole nitrogens is 1.